The number of nitrogens with zero attached hydrogens (tertiary/aromatic N) is 1. The third kappa shape index (κ3) is 5.45. The number of para-hydroxylation sites is 1. The lowest BCUT2D eigenvalue weighted by atomic mass is 9.99. The maximum absolute atomic E-state index is 12.4. The van der Waals surface area contributed by atoms with Crippen LogP contribution in [0, 0.1) is 5.92 Å². The van der Waals surface area contributed by atoms with Crippen LogP contribution in [0.25, 0.3) is 0 Å². The van der Waals surface area contributed by atoms with Crippen molar-refractivity contribution in [2.75, 3.05) is 32.0 Å². The minimum Gasteiger partial charge on any atom is -0.491 e. The third-order valence-electron chi connectivity index (χ3n) is 4.71. The number of carbonyl (C=O) groups is 1. The zero-order chi connectivity index (χ0) is 19.2. The van der Waals surface area contributed by atoms with Crippen molar-refractivity contribution in [3.8, 4) is 5.75 Å². The summed E-state index contributed by atoms with van der Waals surface area (Å²) < 4.78 is 31.3. The highest BCUT2D eigenvalue weighted by Crippen LogP contribution is 2.25. The molecule has 1 fully saturated rings. The lowest BCUT2D eigenvalue weighted by Crippen LogP contribution is -2.46. The lowest BCUT2D eigenvalue weighted by molar-refractivity contribution is -0.126. The molecule has 2 rings (SSSR count). The van der Waals surface area contributed by atoms with Gasteiger partial charge in [-0.1, -0.05) is 32.0 Å². The highest BCUT2D eigenvalue weighted by atomic mass is 32.2. The van der Waals surface area contributed by atoms with Crippen molar-refractivity contribution in [2.24, 2.45) is 5.92 Å². The predicted molar refractivity (Wildman–Crippen MR) is 103 cm³/mol. The Morgan fingerprint density at radius 1 is 1.35 bits per heavy atom. The smallest absolute Gasteiger partial charge is 0.224 e. The van der Waals surface area contributed by atoms with Crippen LogP contribution in [0.3, 0.4) is 0 Å². The Morgan fingerprint density at radius 2 is 2.08 bits per heavy atom. The molecule has 0 saturated carbocycles. The SMILES string of the molecule is CCS(=O)(=O)N1CCC[C@@H](C(=O)NCCOc2ccccc2C(C)C)C1. The van der Waals surface area contributed by atoms with E-state index >= 15 is 0 Å². The molecule has 0 unspecified atom stereocenters. The van der Waals surface area contributed by atoms with Crippen molar-refractivity contribution < 1.29 is 17.9 Å². The van der Waals surface area contributed by atoms with Crippen LogP contribution in [-0.2, 0) is 14.8 Å². The fraction of sp³-hybridized carbons (Fsp3) is 0.632. The van der Waals surface area contributed by atoms with Crippen molar-refractivity contribution in [3.63, 3.8) is 0 Å². The molecule has 0 aliphatic carbocycles. The van der Waals surface area contributed by atoms with Crippen molar-refractivity contribution in [1.82, 2.24) is 9.62 Å². The Labute approximate surface area is 157 Å². The van der Waals surface area contributed by atoms with Crippen LogP contribution >= 0.6 is 0 Å². The Morgan fingerprint density at radius 3 is 2.77 bits per heavy atom. The zero-order valence-electron chi connectivity index (χ0n) is 15.9. The van der Waals surface area contributed by atoms with Crippen molar-refractivity contribution in [2.45, 2.75) is 39.5 Å². The molecule has 0 spiro atoms. The van der Waals surface area contributed by atoms with E-state index in [0.29, 0.717) is 25.6 Å². The number of ether oxygens (including phenoxy) is 1. The number of carbonyl (C=O) groups excluding carboxylic acids is 1. The monoisotopic (exact) mass is 382 g/mol. The quantitative estimate of drug-likeness (QED) is 0.701. The average molecular weight is 383 g/mol. The molecule has 1 N–H and O–H groups in total. The second-order valence-electron chi connectivity index (χ2n) is 6.93. The molecular weight excluding hydrogens is 352 g/mol. The number of nitrogens with one attached hydrogen (secondary N) is 1. The Hall–Kier alpha value is -1.60. The van der Waals surface area contributed by atoms with Crippen molar-refractivity contribution >= 4 is 15.9 Å². The number of benzene rings is 1. The fourth-order valence-corrected chi connectivity index (χ4v) is 4.34. The molecule has 1 aromatic carbocycles. The van der Waals surface area contributed by atoms with E-state index in [1.807, 2.05) is 24.3 Å². The maximum atomic E-state index is 12.4. The van der Waals surface area contributed by atoms with Gasteiger partial charge in [0.15, 0.2) is 0 Å². The highest BCUT2D eigenvalue weighted by molar-refractivity contribution is 7.89. The number of sulfonamides is 1. The molecule has 0 bridgehead atoms. The van der Waals surface area contributed by atoms with Crippen LogP contribution in [0.1, 0.15) is 45.1 Å². The van der Waals surface area contributed by atoms with Crippen LogP contribution in [0.5, 0.6) is 5.75 Å². The van der Waals surface area contributed by atoms with Gasteiger partial charge in [0.25, 0.3) is 0 Å². The molecule has 1 amide bonds. The Kier molecular flexibility index (Phi) is 7.46. The van der Waals surface area contributed by atoms with Crippen LogP contribution in [0.2, 0.25) is 0 Å². The van der Waals surface area contributed by atoms with E-state index in [4.69, 9.17) is 4.74 Å². The summed E-state index contributed by atoms with van der Waals surface area (Å²) in [7, 11) is -3.23. The first-order chi connectivity index (χ1) is 12.3. The highest BCUT2D eigenvalue weighted by Gasteiger charge is 2.31. The fourth-order valence-electron chi connectivity index (χ4n) is 3.16. The van der Waals surface area contributed by atoms with Gasteiger partial charge in [-0.25, -0.2) is 12.7 Å². The molecule has 1 atom stereocenters. The van der Waals surface area contributed by atoms with Gasteiger partial charge in [0.05, 0.1) is 18.2 Å². The van der Waals surface area contributed by atoms with E-state index in [2.05, 4.69) is 19.2 Å². The standard InChI is InChI=1S/C19H30N2O4S/c1-4-26(23,24)21-12-7-8-16(14-21)19(22)20-11-13-25-18-10-6-5-9-17(18)15(2)3/h5-6,9-10,15-16H,4,7-8,11-14H2,1-3H3,(H,20,22)/t16-/m1/s1. The number of hydrogen-bond acceptors (Lipinski definition) is 4. The van der Waals surface area contributed by atoms with E-state index in [1.165, 1.54) is 4.31 Å². The van der Waals surface area contributed by atoms with Crippen LogP contribution < -0.4 is 10.1 Å². The number of piperidine rings is 1. The first kappa shape index (κ1) is 20.7. The van der Waals surface area contributed by atoms with Gasteiger partial charge in [-0.3, -0.25) is 4.79 Å². The van der Waals surface area contributed by atoms with Gasteiger partial charge < -0.3 is 10.1 Å². The van der Waals surface area contributed by atoms with E-state index < -0.39 is 10.0 Å². The molecule has 1 heterocycles. The largest absolute Gasteiger partial charge is 0.491 e. The lowest BCUT2D eigenvalue weighted by Gasteiger charge is -2.30. The van der Waals surface area contributed by atoms with E-state index in [-0.39, 0.29) is 24.1 Å². The van der Waals surface area contributed by atoms with Crippen LogP contribution in [-0.4, -0.2) is 50.6 Å². The van der Waals surface area contributed by atoms with E-state index in [9.17, 15) is 13.2 Å². The first-order valence-corrected chi connectivity index (χ1v) is 10.9. The van der Waals surface area contributed by atoms with E-state index in [1.54, 1.807) is 6.92 Å². The maximum Gasteiger partial charge on any atom is 0.224 e. The summed E-state index contributed by atoms with van der Waals surface area (Å²) in [5, 5.41) is 2.88. The van der Waals surface area contributed by atoms with Crippen LogP contribution in [0.4, 0.5) is 0 Å². The van der Waals surface area contributed by atoms with Gasteiger partial charge >= 0.3 is 0 Å². The molecule has 1 aliphatic heterocycles. The van der Waals surface area contributed by atoms with Crippen molar-refractivity contribution in [3.05, 3.63) is 29.8 Å². The Bertz CT molecular complexity index is 703. The van der Waals surface area contributed by atoms with Gasteiger partial charge in [0.1, 0.15) is 12.4 Å². The zero-order valence-corrected chi connectivity index (χ0v) is 16.7. The summed E-state index contributed by atoms with van der Waals surface area (Å²) in [6.07, 6.45) is 1.44. The molecular formula is C19H30N2O4S. The van der Waals surface area contributed by atoms with Crippen molar-refractivity contribution in [1.29, 1.82) is 0 Å². The molecule has 7 heteroatoms. The predicted octanol–water partition coefficient (Wildman–Crippen LogP) is 2.37. The first-order valence-electron chi connectivity index (χ1n) is 9.32. The molecule has 146 valence electrons. The van der Waals surface area contributed by atoms with Gasteiger partial charge in [0, 0.05) is 13.1 Å². The summed E-state index contributed by atoms with van der Waals surface area (Å²) in [4.78, 5) is 12.4. The molecule has 1 saturated heterocycles. The summed E-state index contributed by atoms with van der Waals surface area (Å²) in [6, 6.07) is 7.91. The summed E-state index contributed by atoms with van der Waals surface area (Å²) in [6.45, 7) is 7.44. The topological polar surface area (TPSA) is 75.7 Å². The minimum atomic E-state index is -3.23. The van der Waals surface area contributed by atoms with Crippen LogP contribution in [0.15, 0.2) is 24.3 Å². The van der Waals surface area contributed by atoms with Gasteiger partial charge in [-0.15, -0.1) is 0 Å². The van der Waals surface area contributed by atoms with Gasteiger partial charge in [-0.2, -0.15) is 0 Å². The molecule has 0 aromatic heterocycles. The second kappa shape index (κ2) is 9.37. The number of amides is 1. The van der Waals surface area contributed by atoms with E-state index in [0.717, 1.165) is 24.2 Å². The molecule has 1 aromatic rings. The molecule has 1 aliphatic rings. The molecule has 0 radical (unpaired) electrons. The molecule has 26 heavy (non-hydrogen) atoms. The minimum absolute atomic E-state index is 0.0738. The summed E-state index contributed by atoms with van der Waals surface area (Å²) in [5.74, 6) is 0.906. The second-order valence-corrected chi connectivity index (χ2v) is 9.19. The summed E-state index contributed by atoms with van der Waals surface area (Å²) >= 11 is 0. The Balaban J connectivity index is 1.80. The number of hydrogen-bond donors (Lipinski definition) is 1. The third-order valence-corrected chi connectivity index (χ3v) is 6.56. The average Bonchev–Trinajstić information content (AvgIpc) is 2.65. The number of rotatable bonds is 8. The van der Waals surface area contributed by atoms with Gasteiger partial charge in [0.2, 0.25) is 15.9 Å². The van der Waals surface area contributed by atoms with Gasteiger partial charge in [-0.05, 0) is 37.3 Å². The summed E-state index contributed by atoms with van der Waals surface area (Å²) in [5.41, 5.74) is 1.14. The normalized spacial score (nSPS) is 18.7. The molecule has 6 nitrogen and oxygen atoms in total.